The van der Waals surface area contributed by atoms with Crippen molar-refractivity contribution in [3.05, 3.63) is 18.2 Å². The summed E-state index contributed by atoms with van der Waals surface area (Å²) in [6.45, 7) is 2.92. The van der Waals surface area contributed by atoms with E-state index in [1.165, 1.54) is 26.4 Å². The van der Waals surface area contributed by atoms with Crippen molar-refractivity contribution in [2.24, 2.45) is 11.5 Å². The number of imidazole rings is 1. The van der Waals surface area contributed by atoms with Crippen LogP contribution in [0.15, 0.2) is 12.5 Å². The molecule has 0 spiro atoms. The van der Waals surface area contributed by atoms with Gasteiger partial charge in [-0.1, -0.05) is 0 Å². The minimum absolute atomic E-state index is 0.0941. The third-order valence-electron chi connectivity index (χ3n) is 7.19. The van der Waals surface area contributed by atoms with Crippen molar-refractivity contribution in [2.45, 2.75) is 102 Å². The predicted octanol–water partition coefficient (Wildman–Crippen LogP) is -5.25. The second kappa shape index (κ2) is 21.7. The van der Waals surface area contributed by atoms with Crippen LogP contribution in [0.4, 0.5) is 0 Å². The maximum atomic E-state index is 13.2. The van der Waals surface area contributed by atoms with Gasteiger partial charge in [-0.15, -0.1) is 0 Å². The van der Waals surface area contributed by atoms with Crippen LogP contribution in [-0.2, 0) is 44.8 Å². The number of aromatic amines is 1. The van der Waals surface area contributed by atoms with Gasteiger partial charge in [0.25, 0.3) is 0 Å². The molecule has 1 heterocycles. The molecule has 50 heavy (non-hydrogen) atoms. The zero-order valence-electron chi connectivity index (χ0n) is 28.1. The summed E-state index contributed by atoms with van der Waals surface area (Å²) in [5.74, 6) is -7.59. The smallest absolute Gasteiger partial charge is 0.303 e. The maximum Gasteiger partial charge on any atom is 0.303 e. The summed E-state index contributed by atoms with van der Waals surface area (Å²) < 4.78 is 0. The number of carboxylic acid groups (broad SMARTS) is 1. The van der Waals surface area contributed by atoms with E-state index in [9.17, 15) is 48.6 Å². The fourth-order valence-electron chi connectivity index (χ4n) is 4.44. The Bertz CT molecular complexity index is 1320. The van der Waals surface area contributed by atoms with Gasteiger partial charge in [-0.3, -0.25) is 38.4 Å². The highest BCUT2D eigenvalue weighted by Gasteiger charge is 2.33. The normalized spacial score (nSPS) is 15.1. The number of aliphatic hydroxyl groups is 2. The molecule has 7 amide bonds. The van der Waals surface area contributed by atoms with Gasteiger partial charge in [-0.25, -0.2) is 4.98 Å². The Morgan fingerprint density at radius 3 is 1.90 bits per heavy atom. The number of nitrogens with zero attached hydrogens (tertiary/aromatic N) is 1. The number of amides is 7. The van der Waals surface area contributed by atoms with E-state index in [2.05, 4.69) is 41.9 Å². The van der Waals surface area contributed by atoms with Crippen molar-refractivity contribution in [1.82, 2.24) is 41.9 Å². The second-order valence-electron chi connectivity index (χ2n) is 11.5. The van der Waals surface area contributed by atoms with Crippen LogP contribution in [-0.4, -0.2) is 128 Å². The Hall–Kier alpha value is -5.15. The number of aliphatic hydroxyl groups excluding tert-OH is 2. The lowest BCUT2D eigenvalue weighted by Crippen LogP contribution is -2.60. The number of unbranched alkanes of at least 4 members (excludes halogenated alkanes) is 1. The molecule has 0 aliphatic rings. The number of carboxylic acids is 1. The van der Waals surface area contributed by atoms with Gasteiger partial charge in [0.2, 0.25) is 41.4 Å². The van der Waals surface area contributed by atoms with Gasteiger partial charge in [0.1, 0.15) is 36.3 Å². The summed E-state index contributed by atoms with van der Waals surface area (Å²) >= 11 is 0. The average Bonchev–Trinajstić information content (AvgIpc) is 3.55. The first-order chi connectivity index (χ1) is 23.5. The maximum absolute atomic E-state index is 13.2. The molecule has 1 aromatic heterocycles. The number of primary amides is 1. The van der Waals surface area contributed by atoms with Crippen LogP contribution in [0.2, 0.25) is 0 Å². The lowest BCUT2D eigenvalue weighted by molar-refractivity contribution is -0.139. The molecule has 280 valence electrons. The Morgan fingerprint density at radius 1 is 0.800 bits per heavy atom. The quantitative estimate of drug-likeness (QED) is 0.0473. The fourth-order valence-corrected chi connectivity index (χ4v) is 4.44. The highest BCUT2D eigenvalue weighted by Crippen LogP contribution is 2.06. The molecule has 0 unspecified atom stereocenters. The first kappa shape index (κ1) is 42.9. The first-order valence-corrected chi connectivity index (χ1v) is 15.8. The van der Waals surface area contributed by atoms with Crippen molar-refractivity contribution in [2.75, 3.05) is 13.2 Å². The molecule has 21 nitrogen and oxygen atoms in total. The zero-order valence-corrected chi connectivity index (χ0v) is 28.1. The second-order valence-corrected chi connectivity index (χ2v) is 11.5. The predicted molar refractivity (Wildman–Crippen MR) is 173 cm³/mol. The van der Waals surface area contributed by atoms with Crippen LogP contribution < -0.4 is 43.4 Å². The number of hydrogen-bond donors (Lipinski definition) is 12. The van der Waals surface area contributed by atoms with E-state index in [0.717, 1.165) is 6.92 Å². The lowest BCUT2D eigenvalue weighted by atomic mass is 10.1. The van der Waals surface area contributed by atoms with Gasteiger partial charge < -0.3 is 63.7 Å². The molecule has 14 N–H and O–H groups in total. The minimum atomic E-state index is -1.70. The third-order valence-corrected chi connectivity index (χ3v) is 7.19. The first-order valence-electron chi connectivity index (χ1n) is 15.8. The summed E-state index contributed by atoms with van der Waals surface area (Å²) in [7, 11) is 0. The number of aromatic nitrogens is 2. The molecular weight excluding hydrogens is 664 g/mol. The molecule has 0 saturated carbocycles. The molecule has 1 aromatic rings. The summed E-state index contributed by atoms with van der Waals surface area (Å²) in [5.41, 5.74) is 11.4. The number of rotatable bonds is 23. The Kier molecular flexibility index (Phi) is 18.6. The third kappa shape index (κ3) is 15.4. The summed E-state index contributed by atoms with van der Waals surface area (Å²) in [4.78, 5) is 106. The molecular formula is C29H48N10O11. The van der Waals surface area contributed by atoms with Crippen LogP contribution in [0.1, 0.15) is 58.6 Å². The molecule has 0 bridgehead atoms. The van der Waals surface area contributed by atoms with Crippen molar-refractivity contribution in [1.29, 1.82) is 0 Å². The largest absolute Gasteiger partial charge is 0.481 e. The number of aliphatic carboxylic acids is 1. The van der Waals surface area contributed by atoms with E-state index in [0.29, 0.717) is 25.1 Å². The number of nitrogens with one attached hydrogen (secondary N) is 7. The minimum Gasteiger partial charge on any atom is -0.481 e. The van der Waals surface area contributed by atoms with E-state index >= 15 is 0 Å². The SMILES string of the molecule is CC(=O)N[C@H](C(=O)N[C@@H](CCC(=O)O)C(=O)N[C@@H](CO)C(=O)N[C@@H](C)C(=O)N[C@@H](Cc1cnc[nH]1)C(=O)N[C@@H](CCCCN)C(N)=O)[C@@H](C)O. The molecule has 0 aliphatic carbocycles. The van der Waals surface area contributed by atoms with Crippen LogP contribution in [0.25, 0.3) is 0 Å². The van der Waals surface area contributed by atoms with E-state index in [1.807, 2.05) is 0 Å². The van der Waals surface area contributed by atoms with Gasteiger partial charge in [0, 0.05) is 31.7 Å². The van der Waals surface area contributed by atoms with Gasteiger partial charge in [-0.05, 0) is 46.1 Å². The summed E-state index contributed by atoms with van der Waals surface area (Å²) in [5, 5.41) is 42.7. The molecule has 0 aliphatic heterocycles. The van der Waals surface area contributed by atoms with E-state index in [4.69, 9.17) is 16.6 Å². The van der Waals surface area contributed by atoms with Gasteiger partial charge >= 0.3 is 5.97 Å². The molecule has 1 rings (SSSR count). The highest BCUT2D eigenvalue weighted by atomic mass is 16.4. The van der Waals surface area contributed by atoms with E-state index in [-0.39, 0.29) is 12.8 Å². The topological polar surface area (TPSA) is 350 Å². The number of carbonyl (C=O) groups excluding carboxylic acids is 7. The highest BCUT2D eigenvalue weighted by molar-refractivity contribution is 5.97. The Morgan fingerprint density at radius 2 is 1.38 bits per heavy atom. The van der Waals surface area contributed by atoms with Crippen molar-refractivity contribution < 1.29 is 53.7 Å². The molecule has 0 radical (unpaired) electrons. The number of nitrogens with two attached hydrogens (primary N) is 2. The van der Waals surface area contributed by atoms with Crippen molar-refractivity contribution >= 4 is 47.3 Å². The Balaban J connectivity index is 3.03. The molecule has 7 atom stereocenters. The van der Waals surface area contributed by atoms with Crippen molar-refractivity contribution in [3.63, 3.8) is 0 Å². The number of carbonyl (C=O) groups is 8. The van der Waals surface area contributed by atoms with Gasteiger partial charge in [0.15, 0.2) is 0 Å². The molecule has 0 fully saturated rings. The van der Waals surface area contributed by atoms with Crippen molar-refractivity contribution in [3.8, 4) is 0 Å². The van der Waals surface area contributed by atoms with E-state index in [1.54, 1.807) is 0 Å². The van der Waals surface area contributed by atoms with Crippen LogP contribution in [0.5, 0.6) is 0 Å². The standard InChI is InChI=1S/C29H48N10O11/c1-14(25(46)38-20(10-17-11-32-13-33-17)27(48)36-18(24(31)45)6-4-5-9-30)34-28(49)21(12-40)39-26(47)19(7-8-22(43)44)37-29(50)23(15(2)41)35-16(3)42/h11,13-15,18-21,23,40-41H,4-10,12,30H2,1-3H3,(H2,31,45)(H,32,33)(H,34,49)(H,35,42)(H,36,48)(H,37,50)(H,38,46)(H,39,47)(H,43,44)/t14-,15+,18-,19-,20-,21-,23-/m0/s1. The number of H-pyrrole nitrogens is 1. The molecule has 0 aromatic carbocycles. The number of hydrogen-bond acceptors (Lipinski definition) is 12. The van der Waals surface area contributed by atoms with Crippen LogP contribution in [0, 0.1) is 0 Å². The zero-order chi connectivity index (χ0) is 38.0. The average molecular weight is 713 g/mol. The van der Waals surface area contributed by atoms with E-state index < -0.39 is 109 Å². The lowest BCUT2D eigenvalue weighted by Gasteiger charge is -2.26. The summed E-state index contributed by atoms with van der Waals surface area (Å²) in [6.07, 6.45) is 1.48. The van der Waals surface area contributed by atoms with Gasteiger partial charge in [-0.2, -0.15) is 0 Å². The van der Waals surface area contributed by atoms with Crippen LogP contribution >= 0.6 is 0 Å². The fraction of sp³-hybridized carbons (Fsp3) is 0.621. The monoisotopic (exact) mass is 712 g/mol. The summed E-state index contributed by atoms with van der Waals surface area (Å²) in [6, 6.07) is -8.45. The van der Waals surface area contributed by atoms with Crippen LogP contribution in [0.3, 0.4) is 0 Å². The Labute approximate surface area is 287 Å². The molecule has 21 heteroatoms. The molecule has 0 saturated heterocycles. The van der Waals surface area contributed by atoms with Gasteiger partial charge in [0.05, 0.1) is 19.0 Å².